The number of carbonyl (C=O) groups is 2. The highest BCUT2D eigenvalue weighted by molar-refractivity contribution is 7.98. The van der Waals surface area contributed by atoms with Crippen molar-refractivity contribution in [3.8, 4) is 5.75 Å². The van der Waals surface area contributed by atoms with Crippen molar-refractivity contribution in [2.45, 2.75) is 44.0 Å². The summed E-state index contributed by atoms with van der Waals surface area (Å²) in [5.74, 6) is 0.392. The maximum Gasteiger partial charge on any atom is 0.256 e. The largest absolute Gasteiger partial charge is 0.494 e. The molecule has 2 saturated heterocycles. The van der Waals surface area contributed by atoms with E-state index in [9.17, 15) is 9.59 Å². The number of carbonyl (C=O) groups excluding carboxylic acids is 2. The van der Waals surface area contributed by atoms with Gasteiger partial charge < -0.3 is 24.8 Å². The molecule has 40 heavy (non-hydrogen) atoms. The third-order valence-electron chi connectivity index (χ3n) is 7.41. The summed E-state index contributed by atoms with van der Waals surface area (Å²) in [5, 5.41) is 3.41. The third kappa shape index (κ3) is 7.75. The molecule has 2 aliphatic heterocycles. The van der Waals surface area contributed by atoms with Crippen molar-refractivity contribution in [2.24, 2.45) is 0 Å². The van der Waals surface area contributed by atoms with E-state index >= 15 is 0 Å². The first-order valence-electron chi connectivity index (χ1n) is 14.2. The van der Waals surface area contributed by atoms with E-state index in [-0.39, 0.29) is 18.2 Å². The predicted octanol–water partition coefficient (Wildman–Crippen LogP) is 4.56. The fourth-order valence-corrected chi connectivity index (χ4v) is 5.98. The molecular formula is C30H41N5O3S2. The van der Waals surface area contributed by atoms with Crippen LogP contribution in [-0.2, 0) is 9.59 Å². The second-order valence-corrected chi connectivity index (χ2v) is 11.4. The SMILES string of the molecule is CCCOc1ccc(NC(=O)C[C@H]2C(=O)N(c3cccc(SC)c3)C(=S)N2CCCN2CCN(CC)CC2)cc1. The van der Waals surface area contributed by atoms with Crippen LogP contribution in [0.1, 0.15) is 33.1 Å². The standard InChI is InChI=1S/C30H41N5O3S2/c1-4-20-38-25-12-10-23(11-13-25)31-28(36)22-27-29(37)35(24-8-6-9-26(21-24)40-3)30(39)34(27)15-7-14-33-18-16-32(5-2)17-19-33/h6,8-13,21,27H,4-5,7,14-20,22H2,1-3H3,(H,31,36)/t27-/m0/s1. The van der Waals surface area contributed by atoms with Crippen molar-refractivity contribution in [1.29, 1.82) is 0 Å². The van der Waals surface area contributed by atoms with Crippen molar-refractivity contribution in [2.75, 3.05) is 68.9 Å². The first kappa shape index (κ1) is 30.3. The smallest absolute Gasteiger partial charge is 0.256 e. The zero-order valence-electron chi connectivity index (χ0n) is 23.8. The number of anilines is 2. The third-order valence-corrected chi connectivity index (χ3v) is 8.55. The molecule has 0 bridgehead atoms. The van der Waals surface area contributed by atoms with E-state index < -0.39 is 6.04 Å². The number of nitrogens with zero attached hydrogens (tertiary/aromatic N) is 4. The van der Waals surface area contributed by atoms with Crippen molar-refractivity contribution in [3.05, 3.63) is 48.5 Å². The molecule has 2 aromatic carbocycles. The van der Waals surface area contributed by atoms with E-state index in [0.29, 0.717) is 24.0 Å². The predicted molar refractivity (Wildman–Crippen MR) is 167 cm³/mol. The van der Waals surface area contributed by atoms with Crippen LogP contribution in [0, 0.1) is 0 Å². The Morgan fingerprint density at radius 2 is 1.77 bits per heavy atom. The summed E-state index contributed by atoms with van der Waals surface area (Å²) >= 11 is 7.49. The first-order valence-corrected chi connectivity index (χ1v) is 15.8. The lowest BCUT2D eigenvalue weighted by atomic mass is 10.1. The molecule has 0 radical (unpaired) electrons. The second-order valence-electron chi connectivity index (χ2n) is 10.1. The zero-order chi connectivity index (χ0) is 28.5. The fraction of sp³-hybridized carbons (Fsp3) is 0.500. The maximum absolute atomic E-state index is 13.8. The van der Waals surface area contributed by atoms with E-state index in [4.69, 9.17) is 17.0 Å². The number of likely N-dealkylation sites (N-methyl/N-ethyl adjacent to an activating group) is 1. The van der Waals surface area contributed by atoms with Crippen LogP contribution in [0.3, 0.4) is 0 Å². The number of thiocarbonyl (C=S) groups is 1. The number of thioether (sulfide) groups is 1. The monoisotopic (exact) mass is 583 g/mol. The number of nitrogens with one attached hydrogen (secondary N) is 1. The molecular weight excluding hydrogens is 542 g/mol. The first-order chi connectivity index (χ1) is 19.4. The van der Waals surface area contributed by atoms with E-state index in [1.54, 1.807) is 16.7 Å². The summed E-state index contributed by atoms with van der Waals surface area (Å²) in [6.45, 7) is 11.9. The number of piperazine rings is 1. The summed E-state index contributed by atoms with van der Waals surface area (Å²) in [6.07, 6.45) is 3.84. The van der Waals surface area contributed by atoms with Crippen molar-refractivity contribution >= 4 is 52.3 Å². The molecule has 0 saturated carbocycles. The van der Waals surface area contributed by atoms with Gasteiger partial charge in [-0.3, -0.25) is 14.5 Å². The molecule has 216 valence electrons. The van der Waals surface area contributed by atoms with Crippen molar-refractivity contribution in [1.82, 2.24) is 14.7 Å². The highest BCUT2D eigenvalue weighted by Crippen LogP contribution is 2.30. The highest BCUT2D eigenvalue weighted by Gasteiger charge is 2.44. The molecule has 10 heteroatoms. The van der Waals surface area contributed by atoms with Crippen LogP contribution in [0.5, 0.6) is 5.75 Å². The molecule has 2 aliphatic rings. The van der Waals surface area contributed by atoms with Gasteiger partial charge >= 0.3 is 0 Å². The maximum atomic E-state index is 13.8. The van der Waals surface area contributed by atoms with Gasteiger partial charge in [0.25, 0.3) is 5.91 Å². The van der Waals surface area contributed by atoms with Gasteiger partial charge in [-0.15, -0.1) is 11.8 Å². The van der Waals surface area contributed by atoms with Gasteiger partial charge in [-0.25, -0.2) is 0 Å². The van der Waals surface area contributed by atoms with Gasteiger partial charge in [-0.05, 0) is 86.9 Å². The quantitative estimate of drug-likeness (QED) is 0.272. The van der Waals surface area contributed by atoms with Gasteiger partial charge in [0, 0.05) is 43.3 Å². The molecule has 0 aromatic heterocycles. The topological polar surface area (TPSA) is 68.4 Å². The second kappa shape index (κ2) is 14.8. The fourth-order valence-electron chi connectivity index (χ4n) is 5.11. The van der Waals surface area contributed by atoms with E-state index in [1.807, 2.05) is 59.7 Å². The molecule has 4 rings (SSSR count). The van der Waals surface area contributed by atoms with Crippen LogP contribution in [-0.4, -0.2) is 96.3 Å². The molecule has 2 aromatic rings. The van der Waals surface area contributed by atoms with Gasteiger partial charge in [0.15, 0.2) is 5.11 Å². The van der Waals surface area contributed by atoms with Crippen LogP contribution in [0.4, 0.5) is 11.4 Å². The summed E-state index contributed by atoms with van der Waals surface area (Å²) in [4.78, 5) is 36.5. The molecule has 1 N–H and O–H groups in total. The van der Waals surface area contributed by atoms with Gasteiger partial charge in [-0.1, -0.05) is 19.9 Å². The number of hydrogen-bond acceptors (Lipinski definition) is 7. The minimum atomic E-state index is -0.644. The zero-order valence-corrected chi connectivity index (χ0v) is 25.4. The van der Waals surface area contributed by atoms with Gasteiger partial charge in [0.2, 0.25) is 5.91 Å². The van der Waals surface area contributed by atoms with Crippen LogP contribution in [0.2, 0.25) is 0 Å². The Hall–Kier alpha value is -2.66. The molecule has 2 fully saturated rings. The molecule has 2 heterocycles. The van der Waals surface area contributed by atoms with Crippen LogP contribution in [0.25, 0.3) is 0 Å². The molecule has 0 spiro atoms. The molecule has 8 nitrogen and oxygen atoms in total. The lowest BCUT2D eigenvalue weighted by Gasteiger charge is -2.34. The van der Waals surface area contributed by atoms with Crippen LogP contribution >= 0.6 is 24.0 Å². The molecule has 2 amide bonds. The Labute approximate surface area is 248 Å². The average molecular weight is 584 g/mol. The number of ether oxygens (including phenoxy) is 1. The molecule has 1 atom stereocenters. The molecule has 0 aliphatic carbocycles. The van der Waals surface area contributed by atoms with E-state index in [2.05, 4.69) is 29.0 Å². The summed E-state index contributed by atoms with van der Waals surface area (Å²) in [7, 11) is 0. The van der Waals surface area contributed by atoms with Crippen LogP contribution < -0.4 is 15.0 Å². The highest BCUT2D eigenvalue weighted by atomic mass is 32.2. The normalized spacial score (nSPS) is 18.4. The number of benzene rings is 2. The van der Waals surface area contributed by atoms with E-state index in [0.717, 1.165) is 68.4 Å². The van der Waals surface area contributed by atoms with Crippen molar-refractivity contribution in [3.63, 3.8) is 0 Å². The van der Waals surface area contributed by atoms with Gasteiger partial charge in [-0.2, -0.15) is 0 Å². The average Bonchev–Trinajstić information content (AvgIpc) is 3.21. The summed E-state index contributed by atoms with van der Waals surface area (Å²) in [6, 6.07) is 14.5. The summed E-state index contributed by atoms with van der Waals surface area (Å²) < 4.78 is 5.63. The van der Waals surface area contributed by atoms with Crippen LogP contribution in [0.15, 0.2) is 53.4 Å². The Kier molecular flexibility index (Phi) is 11.2. The summed E-state index contributed by atoms with van der Waals surface area (Å²) in [5.41, 5.74) is 1.41. The minimum Gasteiger partial charge on any atom is -0.494 e. The number of hydrogen-bond donors (Lipinski definition) is 1. The Morgan fingerprint density at radius 3 is 2.45 bits per heavy atom. The Morgan fingerprint density at radius 1 is 1.05 bits per heavy atom. The molecule has 0 unspecified atom stereocenters. The lowest BCUT2D eigenvalue weighted by Crippen LogP contribution is -2.47. The minimum absolute atomic E-state index is 0.0287. The van der Waals surface area contributed by atoms with Gasteiger partial charge in [0.05, 0.1) is 18.7 Å². The van der Waals surface area contributed by atoms with Crippen molar-refractivity contribution < 1.29 is 14.3 Å². The lowest BCUT2D eigenvalue weighted by molar-refractivity contribution is -0.124. The Bertz CT molecular complexity index is 1150. The van der Waals surface area contributed by atoms with Gasteiger partial charge in [0.1, 0.15) is 11.8 Å². The number of amides is 2. The van der Waals surface area contributed by atoms with E-state index in [1.165, 1.54) is 0 Å². The Balaban J connectivity index is 1.44. The number of rotatable bonds is 13.